The van der Waals surface area contributed by atoms with Gasteiger partial charge in [-0.05, 0) is 45.0 Å². The zero-order valence-corrected chi connectivity index (χ0v) is 17.4. The summed E-state index contributed by atoms with van der Waals surface area (Å²) >= 11 is 3.27. The second-order valence-corrected chi connectivity index (χ2v) is 10.2. The van der Waals surface area contributed by atoms with Gasteiger partial charge in [0.2, 0.25) is 10.0 Å². The fourth-order valence-electron chi connectivity index (χ4n) is 2.62. The topological polar surface area (TPSA) is 92.8 Å². The molecule has 0 bridgehead atoms. The van der Waals surface area contributed by atoms with E-state index in [2.05, 4.69) is 21.2 Å². The molecule has 1 aliphatic rings. The smallest absolute Gasteiger partial charge is 0.408 e. The Balaban J connectivity index is 2.07. The number of carbonyl (C=O) groups is 2. The van der Waals surface area contributed by atoms with E-state index in [1.54, 1.807) is 32.9 Å². The van der Waals surface area contributed by atoms with Gasteiger partial charge in [0.05, 0.1) is 4.90 Å². The molecule has 0 radical (unpaired) electrons. The largest absolute Gasteiger partial charge is 0.435 e. The van der Waals surface area contributed by atoms with Crippen molar-refractivity contribution in [2.24, 2.45) is 0 Å². The summed E-state index contributed by atoms with van der Waals surface area (Å²) in [6.07, 6.45) is 0.140. The number of amides is 1. The lowest BCUT2D eigenvalue weighted by Gasteiger charge is -2.37. The van der Waals surface area contributed by atoms with Gasteiger partial charge in [0, 0.05) is 35.9 Å². The van der Waals surface area contributed by atoms with Crippen molar-refractivity contribution in [3.8, 4) is 0 Å². The van der Waals surface area contributed by atoms with Crippen molar-refractivity contribution in [2.45, 2.75) is 49.6 Å². The molecule has 1 saturated heterocycles. The van der Waals surface area contributed by atoms with E-state index in [4.69, 9.17) is 4.74 Å². The number of ether oxygens (including phenoxy) is 1. The summed E-state index contributed by atoms with van der Waals surface area (Å²) in [5.41, 5.74) is -1.80. The third-order valence-electron chi connectivity index (χ3n) is 4.01. The number of hydrogen-bond donors (Lipinski definition) is 1. The first-order valence-corrected chi connectivity index (χ1v) is 10.4. The van der Waals surface area contributed by atoms with Crippen LogP contribution in [0.5, 0.6) is 0 Å². The van der Waals surface area contributed by atoms with E-state index in [9.17, 15) is 18.0 Å². The molecule has 2 rings (SSSR count). The lowest BCUT2D eigenvalue weighted by molar-refractivity contribution is -0.128. The number of aldehydes is 1. The number of sulfonamides is 1. The van der Waals surface area contributed by atoms with Crippen LogP contribution in [-0.2, 0) is 19.6 Å². The number of carbonyl (C=O) groups excluding carboxylic acids is 2. The molecule has 1 aromatic carbocycles. The number of rotatable bonds is 4. The van der Waals surface area contributed by atoms with Crippen LogP contribution in [-0.4, -0.2) is 49.3 Å². The Morgan fingerprint density at radius 2 is 1.77 bits per heavy atom. The third-order valence-corrected chi connectivity index (χ3v) is 6.45. The normalized spacial score (nSPS) is 18.2. The Morgan fingerprint density at radius 3 is 2.23 bits per heavy atom. The number of halogens is 1. The molecule has 144 valence electrons. The number of hydrogen-bond acceptors (Lipinski definition) is 5. The molecule has 0 unspecified atom stereocenters. The standard InChI is InChI=1S/C17H23BrN2O5S/c1-16(2,3)19-15(22)25-17(12-21)8-10-20(11-9-17)26(23,24)14-6-4-13(18)5-7-14/h4-7,12H,8-11H2,1-3H3,(H,19,22). The molecule has 1 fully saturated rings. The van der Waals surface area contributed by atoms with Crippen LogP contribution >= 0.6 is 15.9 Å². The van der Waals surface area contributed by atoms with Gasteiger partial charge < -0.3 is 10.1 Å². The van der Waals surface area contributed by atoms with Gasteiger partial charge in [0.15, 0.2) is 11.9 Å². The van der Waals surface area contributed by atoms with Gasteiger partial charge in [-0.3, -0.25) is 4.79 Å². The second-order valence-electron chi connectivity index (χ2n) is 7.31. The van der Waals surface area contributed by atoms with E-state index < -0.39 is 27.3 Å². The first kappa shape index (κ1) is 20.9. The summed E-state index contributed by atoms with van der Waals surface area (Å²) in [7, 11) is -3.65. The maximum Gasteiger partial charge on any atom is 0.408 e. The summed E-state index contributed by atoms with van der Waals surface area (Å²) in [6.45, 7) is 5.60. The molecule has 1 amide bonds. The Kier molecular flexibility index (Phi) is 6.14. The second kappa shape index (κ2) is 7.66. The molecule has 0 saturated carbocycles. The number of piperidine rings is 1. The van der Waals surface area contributed by atoms with Crippen molar-refractivity contribution in [1.29, 1.82) is 0 Å². The Bertz CT molecular complexity index is 763. The predicted octanol–water partition coefficient (Wildman–Crippen LogP) is 2.70. The van der Waals surface area contributed by atoms with Crippen LogP contribution in [0.2, 0.25) is 0 Å². The summed E-state index contributed by atoms with van der Waals surface area (Å²) in [5.74, 6) is 0. The Morgan fingerprint density at radius 1 is 1.23 bits per heavy atom. The molecule has 0 spiro atoms. The average molecular weight is 447 g/mol. The lowest BCUT2D eigenvalue weighted by atomic mass is 9.94. The summed E-state index contributed by atoms with van der Waals surface area (Å²) < 4.78 is 32.9. The molecule has 9 heteroatoms. The van der Waals surface area contributed by atoms with Gasteiger partial charge in [-0.2, -0.15) is 4.31 Å². The minimum atomic E-state index is -3.65. The monoisotopic (exact) mass is 446 g/mol. The van der Waals surface area contributed by atoms with Crippen LogP contribution in [0.25, 0.3) is 0 Å². The van der Waals surface area contributed by atoms with E-state index in [-0.39, 0.29) is 30.8 Å². The van der Waals surface area contributed by atoms with Crippen molar-refractivity contribution >= 4 is 38.3 Å². The summed E-state index contributed by atoms with van der Waals surface area (Å²) in [4.78, 5) is 23.7. The zero-order chi connectivity index (χ0) is 19.6. The Hall–Kier alpha value is -1.45. The molecule has 1 aliphatic heterocycles. The third kappa shape index (κ3) is 5.05. The van der Waals surface area contributed by atoms with E-state index in [0.717, 1.165) is 4.47 Å². The van der Waals surface area contributed by atoms with E-state index in [0.29, 0.717) is 6.29 Å². The fourth-order valence-corrected chi connectivity index (χ4v) is 4.33. The molecule has 1 N–H and O–H groups in total. The molecule has 0 aliphatic carbocycles. The highest BCUT2D eigenvalue weighted by Gasteiger charge is 2.41. The van der Waals surface area contributed by atoms with E-state index >= 15 is 0 Å². The van der Waals surface area contributed by atoms with Crippen molar-refractivity contribution in [1.82, 2.24) is 9.62 Å². The first-order valence-electron chi connectivity index (χ1n) is 8.21. The van der Waals surface area contributed by atoms with Crippen LogP contribution in [0.3, 0.4) is 0 Å². The number of nitrogens with zero attached hydrogens (tertiary/aromatic N) is 1. The Labute approximate surface area is 162 Å². The van der Waals surface area contributed by atoms with Crippen molar-refractivity contribution in [2.75, 3.05) is 13.1 Å². The van der Waals surface area contributed by atoms with Gasteiger partial charge in [-0.25, -0.2) is 13.2 Å². The fraction of sp³-hybridized carbons (Fsp3) is 0.529. The molecule has 7 nitrogen and oxygen atoms in total. The van der Waals surface area contributed by atoms with E-state index in [1.807, 2.05) is 0 Å². The minimum Gasteiger partial charge on any atom is -0.435 e. The van der Waals surface area contributed by atoms with Crippen molar-refractivity contribution in [3.05, 3.63) is 28.7 Å². The SMILES string of the molecule is CC(C)(C)NC(=O)OC1(C=O)CCN(S(=O)(=O)c2ccc(Br)cc2)CC1. The number of alkyl carbamates (subject to hydrolysis) is 1. The van der Waals surface area contributed by atoms with Crippen LogP contribution in [0, 0.1) is 0 Å². The van der Waals surface area contributed by atoms with Gasteiger partial charge >= 0.3 is 6.09 Å². The van der Waals surface area contributed by atoms with Crippen LogP contribution < -0.4 is 5.32 Å². The number of nitrogens with one attached hydrogen (secondary N) is 1. The van der Waals surface area contributed by atoms with Crippen LogP contribution in [0.15, 0.2) is 33.6 Å². The summed E-state index contributed by atoms with van der Waals surface area (Å²) in [6, 6.07) is 6.36. The molecule has 1 heterocycles. The molecule has 26 heavy (non-hydrogen) atoms. The van der Waals surface area contributed by atoms with Crippen LogP contribution in [0.1, 0.15) is 33.6 Å². The van der Waals surface area contributed by atoms with Gasteiger partial charge in [-0.15, -0.1) is 0 Å². The molecule has 0 atom stereocenters. The quantitative estimate of drug-likeness (QED) is 0.717. The lowest BCUT2D eigenvalue weighted by Crippen LogP contribution is -2.52. The highest BCUT2D eigenvalue weighted by Crippen LogP contribution is 2.29. The maximum absolute atomic E-state index is 12.7. The van der Waals surface area contributed by atoms with Crippen molar-refractivity contribution in [3.63, 3.8) is 0 Å². The van der Waals surface area contributed by atoms with E-state index in [1.165, 1.54) is 16.4 Å². The van der Waals surface area contributed by atoms with Crippen LogP contribution in [0.4, 0.5) is 4.79 Å². The highest BCUT2D eigenvalue weighted by molar-refractivity contribution is 9.10. The first-order chi connectivity index (χ1) is 12.0. The predicted molar refractivity (Wildman–Crippen MR) is 100 cm³/mol. The minimum absolute atomic E-state index is 0.0972. The maximum atomic E-state index is 12.7. The van der Waals surface area contributed by atoms with Crippen molar-refractivity contribution < 1.29 is 22.7 Å². The number of benzene rings is 1. The molecule has 0 aromatic heterocycles. The molecule has 1 aromatic rings. The van der Waals surface area contributed by atoms with Gasteiger partial charge in [0.1, 0.15) is 0 Å². The zero-order valence-electron chi connectivity index (χ0n) is 15.0. The molecular weight excluding hydrogens is 424 g/mol. The van der Waals surface area contributed by atoms with Gasteiger partial charge in [0.25, 0.3) is 0 Å². The highest BCUT2D eigenvalue weighted by atomic mass is 79.9. The van der Waals surface area contributed by atoms with Gasteiger partial charge in [-0.1, -0.05) is 15.9 Å². The average Bonchev–Trinajstić information content (AvgIpc) is 2.54. The summed E-state index contributed by atoms with van der Waals surface area (Å²) in [5, 5.41) is 2.64. The molecular formula is C17H23BrN2O5S.